The quantitative estimate of drug-likeness (QED) is 0.728. The van der Waals surface area contributed by atoms with Gasteiger partial charge < -0.3 is 5.32 Å². The molecule has 0 aliphatic carbocycles. The summed E-state index contributed by atoms with van der Waals surface area (Å²) in [6.07, 6.45) is 2.53. The van der Waals surface area contributed by atoms with Gasteiger partial charge in [0.2, 0.25) is 10.0 Å². The first-order valence-electron chi connectivity index (χ1n) is 9.66. The third-order valence-electron chi connectivity index (χ3n) is 5.11. The predicted octanol–water partition coefficient (Wildman–Crippen LogP) is 3.04. The molecule has 2 aromatic rings. The van der Waals surface area contributed by atoms with Crippen molar-refractivity contribution < 1.29 is 22.0 Å². The van der Waals surface area contributed by atoms with Crippen LogP contribution in [-0.4, -0.2) is 44.6 Å². The summed E-state index contributed by atoms with van der Waals surface area (Å²) in [5.41, 5.74) is 2.20. The maximum absolute atomic E-state index is 13.4. The number of nitrogens with one attached hydrogen (secondary N) is 2. The third kappa shape index (κ3) is 5.99. The molecule has 0 bridgehead atoms. The second-order valence-electron chi connectivity index (χ2n) is 7.68. The number of hydrogen-bond acceptors (Lipinski definition) is 4. The van der Waals surface area contributed by atoms with Crippen molar-refractivity contribution >= 4 is 21.6 Å². The van der Waals surface area contributed by atoms with Crippen LogP contribution in [0.1, 0.15) is 34.3 Å². The Hall–Kier alpha value is -2.52. The first-order chi connectivity index (χ1) is 14.1. The summed E-state index contributed by atoms with van der Waals surface area (Å²) < 4.78 is 51.8. The average Bonchev–Trinajstić information content (AvgIpc) is 2.67. The molecule has 1 aliphatic heterocycles. The number of anilines is 1. The first-order valence-corrected chi connectivity index (χ1v) is 11.6. The molecular formula is C21H25F2N3O3S. The maximum Gasteiger partial charge on any atom is 0.251 e. The monoisotopic (exact) mass is 437 g/mol. The lowest BCUT2D eigenvalue weighted by molar-refractivity contribution is 0.0909. The fourth-order valence-electron chi connectivity index (χ4n) is 3.47. The van der Waals surface area contributed by atoms with E-state index in [1.54, 1.807) is 25.1 Å². The number of carbonyl (C=O) groups excluding carboxylic acids is 1. The third-order valence-corrected chi connectivity index (χ3v) is 5.70. The highest BCUT2D eigenvalue weighted by Gasteiger charge is 2.22. The Balaban J connectivity index is 1.55. The molecular weight excluding hydrogens is 412 g/mol. The number of benzene rings is 2. The minimum atomic E-state index is -3.44. The number of amides is 1. The van der Waals surface area contributed by atoms with Gasteiger partial charge in [-0.15, -0.1) is 0 Å². The molecule has 0 unspecified atom stereocenters. The number of rotatable bonds is 6. The Morgan fingerprint density at radius 1 is 1.10 bits per heavy atom. The van der Waals surface area contributed by atoms with E-state index in [-0.39, 0.29) is 11.9 Å². The molecule has 6 nitrogen and oxygen atoms in total. The maximum atomic E-state index is 13.4. The summed E-state index contributed by atoms with van der Waals surface area (Å²) in [6.45, 7) is 3.73. The zero-order valence-corrected chi connectivity index (χ0v) is 17.7. The number of sulfonamides is 1. The topological polar surface area (TPSA) is 78.5 Å². The molecule has 1 amide bonds. The number of carbonyl (C=O) groups is 1. The summed E-state index contributed by atoms with van der Waals surface area (Å²) in [5, 5.41) is 2.99. The van der Waals surface area contributed by atoms with Gasteiger partial charge in [-0.2, -0.15) is 0 Å². The summed E-state index contributed by atoms with van der Waals surface area (Å²) in [5.74, 6) is -1.96. The Morgan fingerprint density at radius 3 is 2.43 bits per heavy atom. The molecule has 1 heterocycles. The van der Waals surface area contributed by atoms with Gasteiger partial charge in [0.25, 0.3) is 5.91 Å². The molecule has 30 heavy (non-hydrogen) atoms. The van der Waals surface area contributed by atoms with Gasteiger partial charge in [-0.05, 0) is 55.2 Å². The van der Waals surface area contributed by atoms with Gasteiger partial charge in [0.05, 0.1) is 11.9 Å². The van der Waals surface area contributed by atoms with Crippen LogP contribution in [0.25, 0.3) is 0 Å². The predicted molar refractivity (Wildman–Crippen MR) is 112 cm³/mol. The van der Waals surface area contributed by atoms with Crippen molar-refractivity contribution in [2.45, 2.75) is 32.4 Å². The lowest BCUT2D eigenvalue weighted by atomic mass is 10.0. The fourth-order valence-corrected chi connectivity index (χ4v) is 4.09. The Morgan fingerprint density at radius 2 is 1.80 bits per heavy atom. The molecule has 2 N–H and O–H groups in total. The van der Waals surface area contributed by atoms with E-state index in [0.29, 0.717) is 23.4 Å². The molecule has 0 atom stereocenters. The van der Waals surface area contributed by atoms with E-state index in [2.05, 4.69) is 14.9 Å². The van der Waals surface area contributed by atoms with E-state index in [1.165, 1.54) is 12.1 Å². The van der Waals surface area contributed by atoms with Crippen molar-refractivity contribution in [2.24, 2.45) is 0 Å². The van der Waals surface area contributed by atoms with Crippen LogP contribution in [0.4, 0.5) is 14.5 Å². The molecule has 1 saturated heterocycles. The van der Waals surface area contributed by atoms with Gasteiger partial charge in [0, 0.05) is 31.2 Å². The lowest BCUT2D eigenvalue weighted by Gasteiger charge is -2.32. The summed E-state index contributed by atoms with van der Waals surface area (Å²) in [6, 6.07) is 8.81. The van der Waals surface area contributed by atoms with Gasteiger partial charge >= 0.3 is 0 Å². The summed E-state index contributed by atoms with van der Waals surface area (Å²) in [4.78, 5) is 14.7. The van der Waals surface area contributed by atoms with Crippen molar-refractivity contribution in [3.05, 3.63) is 64.7 Å². The van der Waals surface area contributed by atoms with Crippen molar-refractivity contribution in [3.63, 3.8) is 0 Å². The van der Waals surface area contributed by atoms with Crippen LogP contribution in [0.3, 0.4) is 0 Å². The number of likely N-dealkylation sites (tertiary alicyclic amines) is 1. The minimum Gasteiger partial charge on any atom is -0.349 e. The Labute approximate surface area is 175 Å². The molecule has 1 aliphatic rings. The molecule has 2 aromatic carbocycles. The highest BCUT2D eigenvalue weighted by atomic mass is 32.2. The number of halogens is 2. The fraction of sp³-hybridized carbons (Fsp3) is 0.381. The van der Waals surface area contributed by atoms with Crippen molar-refractivity contribution in [2.75, 3.05) is 24.1 Å². The molecule has 3 rings (SSSR count). The highest BCUT2D eigenvalue weighted by Crippen LogP contribution is 2.20. The number of piperidine rings is 1. The van der Waals surface area contributed by atoms with Crippen LogP contribution >= 0.6 is 0 Å². The smallest absolute Gasteiger partial charge is 0.251 e. The van der Waals surface area contributed by atoms with Crippen LogP contribution in [0, 0.1) is 18.6 Å². The van der Waals surface area contributed by atoms with Gasteiger partial charge in [-0.3, -0.25) is 14.4 Å². The van der Waals surface area contributed by atoms with Gasteiger partial charge in [0.15, 0.2) is 11.6 Å². The van der Waals surface area contributed by atoms with Crippen molar-refractivity contribution in [1.29, 1.82) is 0 Å². The average molecular weight is 438 g/mol. The van der Waals surface area contributed by atoms with Crippen LogP contribution < -0.4 is 10.0 Å². The van der Waals surface area contributed by atoms with E-state index in [9.17, 15) is 22.0 Å². The molecule has 1 fully saturated rings. The largest absolute Gasteiger partial charge is 0.349 e. The Kier molecular flexibility index (Phi) is 6.72. The standard InChI is InChI=1S/C21H25F2N3O3S/c1-14-3-5-16(12-20(14)25-30(2,28)29)21(27)24-17-7-9-26(10-8-17)13-15-4-6-18(22)19(23)11-15/h3-6,11-12,17,25H,7-10,13H2,1-2H3,(H,24,27). The van der Waals surface area contributed by atoms with E-state index >= 15 is 0 Å². The van der Waals surface area contributed by atoms with E-state index in [1.807, 2.05) is 0 Å². The number of hydrogen-bond donors (Lipinski definition) is 2. The zero-order valence-electron chi connectivity index (χ0n) is 16.9. The molecule has 9 heteroatoms. The molecule has 0 radical (unpaired) electrons. The SMILES string of the molecule is Cc1ccc(C(=O)NC2CCN(Cc3ccc(F)c(F)c3)CC2)cc1NS(C)(=O)=O. The second kappa shape index (κ2) is 9.09. The zero-order chi connectivity index (χ0) is 21.9. The lowest BCUT2D eigenvalue weighted by Crippen LogP contribution is -2.44. The molecule has 162 valence electrons. The second-order valence-corrected chi connectivity index (χ2v) is 9.42. The van der Waals surface area contributed by atoms with Crippen molar-refractivity contribution in [1.82, 2.24) is 10.2 Å². The van der Waals surface area contributed by atoms with Crippen LogP contribution in [-0.2, 0) is 16.6 Å². The van der Waals surface area contributed by atoms with Gasteiger partial charge in [0.1, 0.15) is 0 Å². The minimum absolute atomic E-state index is 0.00803. The van der Waals surface area contributed by atoms with E-state index in [4.69, 9.17) is 0 Å². The number of nitrogens with zero attached hydrogens (tertiary/aromatic N) is 1. The van der Waals surface area contributed by atoms with Gasteiger partial charge in [-0.1, -0.05) is 12.1 Å². The molecule has 0 spiro atoms. The van der Waals surface area contributed by atoms with Crippen LogP contribution in [0.5, 0.6) is 0 Å². The van der Waals surface area contributed by atoms with Gasteiger partial charge in [-0.25, -0.2) is 17.2 Å². The first kappa shape index (κ1) is 22.2. The van der Waals surface area contributed by atoms with Crippen LogP contribution in [0.2, 0.25) is 0 Å². The van der Waals surface area contributed by atoms with E-state index < -0.39 is 21.7 Å². The normalized spacial score (nSPS) is 15.7. The van der Waals surface area contributed by atoms with Crippen LogP contribution in [0.15, 0.2) is 36.4 Å². The number of aryl methyl sites for hydroxylation is 1. The van der Waals surface area contributed by atoms with E-state index in [0.717, 1.165) is 43.8 Å². The van der Waals surface area contributed by atoms with Crippen molar-refractivity contribution in [3.8, 4) is 0 Å². The summed E-state index contributed by atoms with van der Waals surface area (Å²) >= 11 is 0. The highest BCUT2D eigenvalue weighted by molar-refractivity contribution is 7.92. The summed E-state index contributed by atoms with van der Waals surface area (Å²) in [7, 11) is -3.44. The Bertz CT molecular complexity index is 1040. The molecule has 0 aromatic heterocycles. The molecule has 0 saturated carbocycles.